The lowest BCUT2D eigenvalue weighted by atomic mass is 10.2. The maximum Gasteiger partial charge on any atom is 0.274 e. The molecule has 0 fully saturated rings. The lowest BCUT2D eigenvalue weighted by Crippen LogP contribution is -2.38. The molecule has 0 aliphatic heterocycles. The summed E-state index contributed by atoms with van der Waals surface area (Å²) in [6, 6.07) is 9.73. The summed E-state index contributed by atoms with van der Waals surface area (Å²) in [5.74, 6) is 0.0233. The van der Waals surface area contributed by atoms with Gasteiger partial charge in [0.15, 0.2) is 0 Å². The van der Waals surface area contributed by atoms with Crippen LogP contribution in [-0.4, -0.2) is 39.8 Å². The summed E-state index contributed by atoms with van der Waals surface area (Å²) in [5, 5.41) is 2.88. The van der Waals surface area contributed by atoms with Gasteiger partial charge in [-0.05, 0) is 11.5 Å². The van der Waals surface area contributed by atoms with E-state index in [2.05, 4.69) is 15.3 Å². The molecule has 25 heavy (non-hydrogen) atoms. The highest BCUT2D eigenvalue weighted by Gasteiger charge is 2.19. The summed E-state index contributed by atoms with van der Waals surface area (Å²) < 4.78 is 0. The monoisotopic (exact) mass is 340 g/mol. The van der Waals surface area contributed by atoms with Crippen LogP contribution in [0.15, 0.2) is 48.9 Å². The molecule has 0 saturated heterocycles. The van der Waals surface area contributed by atoms with Crippen LogP contribution in [0.1, 0.15) is 36.3 Å². The first kappa shape index (κ1) is 18.6. The zero-order chi connectivity index (χ0) is 18.1. The van der Waals surface area contributed by atoms with Crippen LogP contribution in [0.5, 0.6) is 0 Å². The molecular weight excluding hydrogens is 316 g/mol. The van der Waals surface area contributed by atoms with Gasteiger partial charge < -0.3 is 10.2 Å². The first-order valence-corrected chi connectivity index (χ1v) is 8.42. The van der Waals surface area contributed by atoms with E-state index in [9.17, 15) is 9.59 Å². The van der Waals surface area contributed by atoms with Crippen LogP contribution in [0.4, 0.5) is 0 Å². The molecule has 2 amide bonds. The van der Waals surface area contributed by atoms with Gasteiger partial charge in [-0.15, -0.1) is 0 Å². The van der Waals surface area contributed by atoms with E-state index in [4.69, 9.17) is 0 Å². The van der Waals surface area contributed by atoms with E-state index < -0.39 is 0 Å². The van der Waals surface area contributed by atoms with Crippen LogP contribution < -0.4 is 5.32 Å². The molecule has 0 radical (unpaired) electrons. The van der Waals surface area contributed by atoms with Gasteiger partial charge in [0.2, 0.25) is 5.91 Å². The van der Waals surface area contributed by atoms with Gasteiger partial charge in [-0.3, -0.25) is 14.6 Å². The largest absolute Gasteiger partial charge is 0.352 e. The molecule has 1 aromatic carbocycles. The highest BCUT2D eigenvalue weighted by Crippen LogP contribution is 2.06. The van der Waals surface area contributed by atoms with Gasteiger partial charge in [0.25, 0.3) is 5.91 Å². The molecule has 0 spiro atoms. The Morgan fingerprint density at radius 2 is 1.92 bits per heavy atom. The Balaban J connectivity index is 1.88. The van der Waals surface area contributed by atoms with Crippen molar-refractivity contribution in [3.05, 3.63) is 60.2 Å². The number of amides is 2. The fraction of sp³-hybridized carbons (Fsp3) is 0.368. The van der Waals surface area contributed by atoms with E-state index in [0.717, 1.165) is 5.56 Å². The molecule has 1 aromatic heterocycles. The Labute approximate surface area is 148 Å². The summed E-state index contributed by atoms with van der Waals surface area (Å²) >= 11 is 0. The van der Waals surface area contributed by atoms with Crippen LogP contribution in [0.3, 0.4) is 0 Å². The van der Waals surface area contributed by atoms with Gasteiger partial charge >= 0.3 is 0 Å². The molecule has 0 atom stereocenters. The number of nitrogens with zero attached hydrogens (tertiary/aromatic N) is 3. The van der Waals surface area contributed by atoms with Gasteiger partial charge in [-0.2, -0.15) is 0 Å². The number of aromatic nitrogens is 2. The van der Waals surface area contributed by atoms with Gasteiger partial charge in [0.1, 0.15) is 5.69 Å². The number of nitrogens with one attached hydrogen (secondary N) is 1. The minimum Gasteiger partial charge on any atom is -0.352 e. The highest BCUT2D eigenvalue weighted by molar-refractivity contribution is 5.92. The normalized spacial score (nSPS) is 10.5. The number of benzene rings is 1. The Morgan fingerprint density at radius 1 is 1.16 bits per heavy atom. The van der Waals surface area contributed by atoms with E-state index in [0.29, 0.717) is 31.2 Å². The highest BCUT2D eigenvalue weighted by atomic mass is 16.2. The quantitative estimate of drug-likeness (QED) is 0.800. The standard InChI is InChI=1S/C19H24N4O2/c1-15(2)14-23(19(25)17-13-20-9-10-21-17)11-8-18(24)22-12-16-6-4-3-5-7-16/h3-7,9-10,13,15H,8,11-12,14H2,1-2H3,(H,22,24). The second-order valence-electron chi connectivity index (χ2n) is 6.25. The number of hydrogen-bond donors (Lipinski definition) is 1. The Morgan fingerprint density at radius 3 is 2.56 bits per heavy atom. The van der Waals surface area contributed by atoms with E-state index >= 15 is 0 Å². The Hall–Kier alpha value is -2.76. The molecule has 6 nitrogen and oxygen atoms in total. The predicted octanol–water partition coefficient (Wildman–Crippen LogP) is 2.28. The molecule has 0 aliphatic rings. The summed E-state index contributed by atoms with van der Waals surface area (Å²) in [6.45, 7) is 5.48. The fourth-order valence-electron chi connectivity index (χ4n) is 2.41. The van der Waals surface area contributed by atoms with Crippen LogP contribution in [0, 0.1) is 5.92 Å². The van der Waals surface area contributed by atoms with E-state index in [1.165, 1.54) is 18.6 Å². The van der Waals surface area contributed by atoms with E-state index in [-0.39, 0.29) is 18.2 Å². The third-order valence-electron chi connectivity index (χ3n) is 3.60. The first-order chi connectivity index (χ1) is 12.1. The van der Waals surface area contributed by atoms with Crippen LogP contribution >= 0.6 is 0 Å². The van der Waals surface area contributed by atoms with Crippen LogP contribution in [-0.2, 0) is 11.3 Å². The lowest BCUT2D eigenvalue weighted by molar-refractivity contribution is -0.121. The molecular formula is C19H24N4O2. The number of rotatable bonds is 8. The SMILES string of the molecule is CC(C)CN(CCC(=O)NCc1ccccc1)C(=O)c1cnccn1. The van der Waals surface area contributed by atoms with E-state index in [1.807, 2.05) is 44.2 Å². The van der Waals surface area contributed by atoms with Crippen molar-refractivity contribution in [2.45, 2.75) is 26.8 Å². The smallest absolute Gasteiger partial charge is 0.274 e. The van der Waals surface area contributed by atoms with Crippen molar-refractivity contribution < 1.29 is 9.59 Å². The van der Waals surface area contributed by atoms with Crippen molar-refractivity contribution in [2.75, 3.05) is 13.1 Å². The zero-order valence-electron chi connectivity index (χ0n) is 14.7. The van der Waals surface area contributed by atoms with Crippen molar-refractivity contribution in [2.24, 2.45) is 5.92 Å². The molecule has 0 bridgehead atoms. The third-order valence-corrected chi connectivity index (χ3v) is 3.60. The lowest BCUT2D eigenvalue weighted by Gasteiger charge is -2.24. The molecule has 2 aromatic rings. The first-order valence-electron chi connectivity index (χ1n) is 8.42. The molecule has 0 unspecified atom stereocenters. The van der Waals surface area contributed by atoms with Gasteiger partial charge in [0.05, 0.1) is 6.20 Å². The van der Waals surface area contributed by atoms with Crippen molar-refractivity contribution in [3.8, 4) is 0 Å². The van der Waals surface area contributed by atoms with Gasteiger partial charge in [0, 0.05) is 38.4 Å². The van der Waals surface area contributed by atoms with Crippen molar-refractivity contribution in [1.82, 2.24) is 20.2 Å². The topological polar surface area (TPSA) is 75.2 Å². The molecule has 1 N–H and O–H groups in total. The second kappa shape index (κ2) is 9.52. The number of hydrogen-bond acceptors (Lipinski definition) is 4. The van der Waals surface area contributed by atoms with Crippen LogP contribution in [0.2, 0.25) is 0 Å². The minimum atomic E-state index is -0.197. The van der Waals surface area contributed by atoms with Crippen molar-refractivity contribution in [1.29, 1.82) is 0 Å². The summed E-state index contributed by atoms with van der Waals surface area (Å²) in [4.78, 5) is 34.3. The van der Waals surface area contributed by atoms with Crippen molar-refractivity contribution >= 4 is 11.8 Å². The van der Waals surface area contributed by atoms with E-state index in [1.54, 1.807) is 4.90 Å². The molecule has 0 saturated carbocycles. The Kier molecular flexibility index (Phi) is 7.07. The minimum absolute atomic E-state index is 0.0791. The zero-order valence-corrected chi connectivity index (χ0v) is 14.7. The number of carbonyl (C=O) groups excluding carboxylic acids is 2. The summed E-state index contributed by atoms with van der Waals surface area (Å²) in [6.07, 6.45) is 4.73. The molecule has 2 rings (SSSR count). The predicted molar refractivity (Wildman–Crippen MR) is 95.7 cm³/mol. The molecule has 1 heterocycles. The molecule has 0 aliphatic carbocycles. The summed E-state index contributed by atoms with van der Waals surface area (Å²) in [7, 11) is 0. The van der Waals surface area contributed by atoms with Crippen LogP contribution in [0.25, 0.3) is 0 Å². The van der Waals surface area contributed by atoms with Gasteiger partial charge in [-0.1, -0.05) is 44.2 Å². The average Bonchev–Trinajstić information content (AvgIpc) is 2.64. The fourth-order valence-corrected chi connectivity index (χ4v) is 2.41. The van der Waals surface area contributed by atoms with Gasteiger partial charge in [-0.25, -0.2) is 4.98 Å². The molecule has 6 heteroatoms. The second-order valence-corrected chi connectivity index (χ2v) is 6.25. The Bertz CT molecular complexity index is 674. The average molecular weight is 340 g/mol. The molecule has 132 valence electrons. The maximum absolute atomic E-state index is 12.6. The van der Waals surface area contributed by atoms with Crippen molar-refractivity contribution in [3.63, 3.8) is 0 Å². The number of carbonyl (C=O) groups is 2. The maximum atomic E-state index is 12.6. The summed E-state index contributed by atoms with van der Waals surface area (Å²) in [5.41, 5.74) is 1.35. The third kappa shape index (κ3) is 6.33.